The summed E-state index contributed by atoms with van der Waals surface area (Å²) >= 11 is 0. The summed E-state index contributed by atoms with van der Waals surface area (Å²) in [6, 6.07) is 6.58. The zero-order chi connectivity index (χ0) is 19.3. The standard InChI is InChI=1S/C18H24N4O4/c1-18(2,3)26-17(24)20-15(16(23)21-25)9-12-5-7-13(8-6-12)14-10-19-22(4)11-14/h5-8,10-11,15,25H,9H2,1-4H3,(H,20,24)(H,21,23). The number of carbonyl (C=O) groups is 2. The minimum absolute atomic E-state index is 0.207. The lowest BCUT2D eigenvalue weighted by Gasteiger charge is -2.22. The van der Waals surface area contributed by atoms with Gasteiger partial charge in [-0.25, -0.2) is 10.3 Å². The molecule has 0 aliphatic heterocycles. The lowest BCUT2D eigenvalue weighted by atomic mass is 10.0. The van der Waals surface area contributed by atoms with Crippen LogP contribution in [0.5, 0.6) is 0 Å². The van der Waals surface area contributed by atoms with E-state index in [1.165, 1.54) is 0 Å². The Morgan fingerprint density at radius 1 is 1.23 bits per heavy atom. The summed E-state index contributed by atoms with van der Waals surface area (Å²) in [7, 11) is 1.85. The molecule has 0 spiro atoms. The van der Waals surface area contributed by atoms with Crippen LogP contribution in [0.1, 0.15) is 26.3 Å². The summed E-state index contributed by atoms with van der Waals surface area (Å²) < 4.78 is 6.88. The highest BCUT2D eigenvalue weighted by Crippen LogP contribution is 2.19. The highest BCUT2D eigenvalue weighted by atomic mass is 16.6. The Morgan fingerprint density at radius 2 is 1.88 bits per heavy atom. The highest BCUT2D eigenvalue weighted by Gasteiger charge is 2.24. The third kappa shape index (κ3) is 5.59. The van der Waals surface area contributed by atoms with Gasteiger partial charge in [-0.2, -0.15) is 5.10 Å². The summed E-state index contributed by atoms with van der Waals surface area (Å²) in [5.41, 5.74) is 3.68. The highest BCUT2D eigenvalue weighted by molar-refractivity contribution is 5.85. The molecule has 1 aromatic heterocycles. The van der Waals surface area contributed by atoms with E-state index in [9.17, 15) is 9.59 Å². The Hall–Kier alpha value is -2.87. The minimum atomic E-state index is -0.959. The van der Waals surface area contributed by atoms with E-state index in [-0.39, 0.29) is 6.42 Å². The Kier molecular flexibility index (Phi) is 5.99. The molecule has 1 unspecified atom stereocenters. The second-order valence-electron chi connectivity index (χ2n) is 6.98. The van der Waals surface area contributed by atoms with Gasteiger partial charge in [-0.3, -0.25) is 14.7 Å². The second-order valence-corrected chi connectivity index (χ2v) is 6.98. The molecule has 3 N–H and O–H groups in total. The van der Waals surface area contributed by atoms with Gasteiger partial charge in [-0.1, -0.05) is 24.3 Å². The number of ether oxygens (including phenoxy) is 1. The van der Waals surface area contributed by atoms with Crippen LogP contribution in [-0.4, -0.2) is 38.6 Å². The number of alkyl carbamates (subject to hydrolysis) is 1. The quantitative estimate of drug-likeness (QED) is 0.559. The van der Waals surface area contributed by atoms with Gasteiger partial charge in [0.15, 0.2) is 0 Å². The van der Waals surface area contributed by atoms with E-state index in [1.807, 2.05) is 37.5 Å². The molecular formula is C18H24N4O4. The van der Waals surface area contributed by atoms with Crippen molar-refractivity contribution in [3.8, 4) is 11.1 Å². The van der Waals surface area contributed by atoms with Gasteiger partial charge in [0.1, 0.15) is 11.6 Å². The third-order valence-corrected chi connectivity index (χ3v) is 3.55. The molecule has 0 saturated carbocycles. The van der Waals surface area contributed by atoms with Crippen LogP contribution in [0.2, 0.25) is 0 Å². The number of nitrogens with one attached hydrogen (secondary N) is 2. The number of hydroxylamine groups is 1. The molecule has 0 fully saturated rings. The smallest absolute Gasteiger partial charge is 0.408 e. The van der Waals surface area contributed by atoms with Gasteiger partial charge in [0, 0.05) is 25.2 Å². The van der Waals surface area contributed by atoms with Crippen molar-refractivity contribution >= 4 is 12.0 Å². The van der Waals surface area contributed by atoms with Crippen molar-refractivity contribution in [1.29, 1.82) is 0 Å². The summed E-state index contributed by atoms with van der Waals surface area (Å²) in [5.74, 6) is -0.716. The van der Waals surface area contributed by atoms with Gasteiger partial charge in [0.25, 0.3) is 5.91 Å². The number of carbonyl (C=O) groups excluding carboxylic acids is 2. The average Bonchev–Trinajstić information content (AvgIpc) is 2.99. The second kappa shape index (κ2) is 8.01. The van der Waals surface area contributed by atoms with Gasteiger partial charge in [0.2, 0.25) is 0 Å². The van der Waals surface area contributed by atoms with Crippen LogP contribution in [0.15, 0.2) is 36.7 Å². The Bertz CT molecular complexity index is 762. The van der Waals surface area contributed by atoms with Crippen molar-refractivity contribution < 1.29 is 19.5 Å². The molecule has 0 radical (unpaired) electrons. The van der Waals surface area contributed by atoms with Crippen molar-refractivity contribution in [2.24, 2.45) is 7.05 Å². The largest absolute Gasteiger partial charge is 0.444 e. The average molecular weight is 360 g/mol. The van der Waals surface area contributed by atoms with Crippen molar-refractivity contribution in [3.05, 3.63) is 42.2 Å². The number of nitrogens with zero attached hydrogens (tertiary/aromatic N) is 2. The molecule has 1 atom stereocenters. The first-order valence-corrected chi connectivity index (χ1v) is 8.19. The number of hydrogen-bond donors (Lipinski definition) is 3. The Morgan fingerprint density at radius 3 is 2.38 bits per heavy atom. The molecule has 2 amide bonds. The zero-order valence-electron chi connectivity index (χ0n) is 15.3. The Balaban J connectivity index is 2.08. The van der Waals surface area contributed by atoms with E-state index < -0.39 is 23.6 Å². The van der Waals surface area contributed by atoms with Crippen molar-refractivity contribution in [3.63, 3.8) is 0 Å². The number of rotatable bonds is 5. The van der Waals surface area contributed by atoms with E-state index in [0.717, 1.165) is 16.7 Å². The zero-order valence-corrected chi connectivity index (χ0v) is 15.3. The predicted molar refractivity (Wildman–Crippen MR) is 95.4 cm³/mol. The maximum atomic E-state index is 11.9. The van der Waals surface area contributed by atoms with Crippen LogP contribution in [0.3, 0.4) is 0 Å². The molecule has 2 aromatic rings. The van der Waals surface area contributed by atoms with Gasteiger partial charge >= 0.3 is 6.09 Å². The SMILES string of the molecule is Cn1cc(-c2ccc(CC(NC(=O)OC(C)(C)C)C(=O)NO)cc2)cn1. The number of benzene rings is 1. The molecule has 2 rings (SSSR count). The molecule has 0 saturated heterocycles. The van der Waals surface area contributed by atoms with Crippen molar-refractivity contribution in [1.82, 2.24) is 20.6 Å². The van der Waals surface area contributed by atoms with E-state index >= 15 is 0 Å². The lowest BCUT2D eigenvalue weighted by molar-refractivity contribution is -0.131. The number of aryl methyl sites for hydroxylation is 1. The predicted octanol–water partition coefficient (Wildman–Crippen LogP) is 2.03. The number of aromatic nitrogens is 2. The van der Waals surface area contributed by atoms with Crippen LogP contribution in [0.25, 0.3) is 11.1 Å². The molecule has 1 heterocycles. The fraction of sp³-hybridized carbons (Fsp3) is 0.389. The molecule has 0 bridgehead atoms. The van der Waals surface area contributed by atoms with E-state index in [1.54, 1.807) is 37.1 Å². The van der Waals surface area contributed by atoms with Gasteiger partial charge in [0.05, 0.1) is 6.20 Å². The molecule has 0 aliphatic carbocycles. The minimum Gasteiger partial charge on any atom is -0.444 e. The fourth-order valence-electron chi connectivity index (χ4n) is 2.38. The maximum absolute atomic E-state index is 11.9. The van der Waals surface area contributed by atoms with Crippen LogP contribution >= 0.6 is 0 Å². The van der Waals surface area contributed by atoms with E-state index in [4.69, 9.17) is 9.94 Å². The molecular weight excluding hydrogens is 336 g/mol. The van der Waals surface area contributed by atoms with Crippen LogP contribution in [-0.2, 0) is 23.0 Å². The molecule has 26 heavy (non-hydrogen) atoms. The molecule has 140 valence electrons. The molecule has 0 aliphatic rings. The first-order chi connectivity index (χ1) is 12.2. The van der Waals surface area contributed by atoms with Crippen molar-refractivity contribution in [2.75, 3.05) is 0 Å². The number of hydrogen-bond acceptors (Lipinski definition) is 5. The number of amides is 2. The normalized spacial score (nSPS) is 12.3. The maximum Gasteiger partial charge on any atom is 0.408 e. The summed E-state index contributed by atoms with van der Waals surface area (Å²) in [5, 5.41) is 15.5. The summed E-state index contributed by atoms with van der Waals surface area (Å²) in [4.78, 5) is 23.8. The molecule has 8 nitrogen and oxygen atoms in total. The van der Waals surface area contributed by atoms with E-state index in [0.29, 0.717) is 0 Å². The molecule has 1 aromatic carbocycles. The first kappa shape index (κ1) is 19.5. The summed E-state index contributed by atoms with van der Waals surface area (Å²) in [6.45, 7) is 5.18. The lowest BCUT2D eigenvalue weighted by Crippen LogP contribution is -2.48. The van der Waals surface area contributed by atoms with Crippen LogP contribution in [0, 0.1) is 0 Å². The fourth-order valence-corrected chi connectivity index (χ4v) is 2.38. The Labute approximate surface area is 152 Å². The van der Waals surface area contributed by atoms with Gasteiger partial charge in [-0.05, 0) is 31.9 Å². The summed E-state index contributed by atoms with van der Waals surface area (Å²) in [6.07, 6.45) is 3.15. The van der Waals surface area contributed by atoms with Gasteiger partial charge in [-0.15, -0.1) is 0 Å². The van der Waals surface area contributed by atoms with Crippen molar-refractivity contribution in [2.45, 2.75) is 38.8 Å². The van der Waals surface area contributed by atoms with Crippen LogP contribution < -0.4 is 10.8 Å². The first-order valence-electron chi connectivity index (χ1n) is 8.19. The monoisotopic (exact) mass is 360 g/mol. The topological polar surface area (TPSA) is 105 Å². The third-order valence-electron chi connectivity index (χ3n) is 3.55. The van der Waals surface area contributed by atoms with Crippen LogP contribution in [0.4, 0.5) is 4.79 Å². The van der Waals surface area contributed by atoms with Gasteiger partial charge < -0.3 is 10.1 Å². The molecule has 8 heteroatoms. The van der Waals surface area contributed by atoms with E-state index in [2.05, 4.69) is 10.4 Å².